The monoisotopic (exact) mass is 194 g/mol. The van der Waals surface area contributed by atoms with Crippen LogP contribution < -0.4 is 0 Å². The van der Waals surface area contributed by atoms with Gasteiger partial charge in [-0.05, 0) is 12.0 Å². The summed E-state index contributed by atoms with van der Waals surface area (Å²) in [5.74, 6) is 0.411. The van der Waals surface area contributed by atoms with Gasteiger partial charge < -0.3 is 0 Å². The van der Waals surface area contributed by atoms with E-state index in [0.717, 1.165) is 12.5 Å². The van der Waals surface area contributed by atoms with E-state index >= 15 is 0 Å². The zero-order valence-electron chi connectivity index (χ0n) is 5.90. The maximum absolute atomic E-state index is 8.36. The van der Waals surface area contributed by atoms with Gasteiger partial charge in [0.2, 0.25) is 0 Å². The molecule has 0 aromatic heterocycles. The first-order chi connectivity index (χ1) is 4.70. The Morgan fingerprint density at radius 3 is 2.50 bits per heavy atom. The average molecular weight is 195 g/mol. The molecule has 57 valence electrons. The van der Waals surface area contributed by atoms with Crippen LogP contribution in [-0.4, -0.2) is 7.42 Å². The van der Waals surface area contributed by atoms with E-state index in [4.69, 9.17) is 27.4 Å². The molecule has 0 bridgehead atoms. The van der Waals surface area contributed by atoms with Crippen molar-refractivity contribution < 1.29 is 0 Å². The molecule has 0 spiro atoms. The summed E-state index contributed by atoms with van der Waals surface area (Å²) in [6.45, 7) is 2.06. The molecule has 0 saturated heterocycles. The molecule has 1 radical (unpaired) electrons. The summed E-state index contributed by atoms with van der Waals surface area (Å²) < 4.78 is 0. The highest BCUT2D eigenvalue weighted by Crippen LogP contribution is 2.18. The van der Waals surface area contributed by atoms with Crippen LogP contribution in [0.3, 0.4) is 0 Å². The number of hydrogen-bond donors (Lipinski definition) is 0. The summed E-state index contributed by atoms with van der Waals surface area (Å²) >= 11 is 11.3. The first kappa shape index (κ1) is 10.3. The molecule has 0 amide bonds. The number of rotatable bonds is 4. The first-order valence-corrected chi connectivity index (χ1v) is 6.97. The predicted octanol–water partition coefficient (Wildman–Crippen LogP) is 2.89. The molecule has 4 heteroatoms. The number of halogens is 2. The van der Waals surface area contributed by atoms with Crippen molar-refractivity contribution in [3.8, 4) is 6.07 Å². The van der Waals surface area contributed by atoms with Crippen molar-refractivity contribution in [1.82, 2.24) is 0 Å². The lowest BCUT2D eigenvalue weighted by Crippen LogP contribution is -2.04. The number of nitriles is 1. The average Bonchev–Trinajstić information content (AvgIpc) is 1.86. The molecule has 1 unspecified atom stereocenters. The van der Waals surface area contributed by atoms with Crippen LogP contribution in [-0.2, 0) is 0 Å². The Bertz CT molecular complexity index is 121. The molecule has 10 heavy (non-hydrogen) atoms. The van der Waals surface area contributed by atoms with Crippen LogP contribution in [0.2, 0.25) is 6.04 Å². The summed E-state index contributed by atoms with van der Waals surface area (Å²) in [4.78, 5) is 0. The van der Waals surface area contributed by atoms with E-state index in [1.807, 2.05) is 0 Å². The van der Waals surface area contributed by atoms with Crippen LogP contribution in [0.4, 0.5) is 0 Å². The molecule has 0 fully saturated rings. The minimum absolute atomic E-state index is 0.411. The Hall–Kier alpha value is 0.287. The minimum atomic E-state index is -1.17. The van der Waals surface area contributed by atoms with Crippen molar-refractivity contribution in [3.63, 3.8) is 0 Å². The standard InChI is InChI=1S/C6H10Cl2NSi/c1-2-6(3-4-9)5-10(7)8/h6H,2-3,5H2,1H3. The zero-order valence-corrected chi connectivity index (χ0v) is 8.41. The maximum Gasteiger partial charge on any atom is 0.274 e. The molecule has 0 N–H and O–H groups in total. The van der Waals surface area contributed by atoms with Crippen LogP contribution in [0.5, 0.6) is 0 Å². The highest BCUT2D eigenvalue weighted by atomic mass is 35.7. The van der Waals surface area contributed by atoms with Crippen molar-refractivity contribution in [2.24, 2.45) is 5.92 Å². The summed E-state index contributed by atoms with van der Waals surface area (Å²) in [6.07, 6.45) is 1.59. The lowest BCUT2D eigenvalue weighted by molar-refractivity contribution is 0.575. The van der Waals surface area contributed by atoms with Gasteiger partial charge in [-0.15, -0.1) is 22.2 Å². The van der Waals surface area contributed by atoms with E-state index in [0.29, 0.717) is 12.3 Å². The van der Waals surface area contributed by atoms with Crippen LogP contribution in [0, 0.1) is 17.2 Å². The summed E-state index contributed by atoms with van der Waals surface area (Å²) in [5.41, 5.74) is 0. The Morgan fingerprint density at radius 2 is 2.20 bits per heavy atom. The summed E-state index contributed by atoms with van der Waals surface area (Å²) in [6, 6.07) is 2.95. The van der Waals surface area contributed by atoms with Crippen molar-refractivity contribution in [2.45, 2.75) is 25.8 Å². The van der Waals surface area contributed by atoms with Crippen molar-refractivity contribution in [1.29, 1.82) is 5.26 Å². The molecule has 0 saturated carbocycles. The summed E-state index contributed by atoms with van der Waals surface area (Å²) in [7, 11) is -1.17. The molecule has 0 aliphatic heterocycles. The molecule has 0 aromatic carbocycles. The van der Waals surface area contributed by atoms with Crippen molar-refractivity contribution >= 4 is 29.6 Å². The predicted molar refractivity (Wildman–Crippen MR) is 46.3 cm³/mol. The summed E-state index contributed by atoms with van der Waals surface area (Å²) in [5, 5.41) is 8.36. The van der Waals surface area contributed by atoms with Gasteiger partial charge in [-0.2, -0.15) is 5.26 Å². The Morgan fingerprint density at radius 1 is 1.60 bits per heavy atom. The molecular weight excluding hydrogens is 185 g/mol. The lowest BCUT2D eigenvalue weighted by atomic mass is 10.1. The largest absolute Gasteiger partial charge is 0.274 e. The smallest absolute Gasteiger partial charge is 0.198 e. The van der Waals surface area contributed by atoms with Crippen LogP contribution in [0.1, 0.15) is 19.8 Å². The van der Waals surface area contributed by atoms with Gasteiger partial charge in [0.15, 0.2) is 0 Å². The van der Waals surface area contributed by atoms with E-state index in [9.17, 15) is 0 Å². The molecule has 0 rings (SSSR count). The lowest BCUT2D eigenvalue weighted by Gasteiger charge is -2.08. The molecular formula is C6H10Cl2NSi. The van der Waals surface area contributed by atoms with Gasteiger partial charge >= 0.3 is 0 Å². The third-order valence-electron chi connectivity index (χ3n) is 1.40. The fourth-order valence-electron chi connectivity index (χ4n) is 0.708. The van der Waals surface area contributed by atoms with Crippen LogP contribution in [0.15, 0.2) is 0 Å². The van der Waals surface area contributed by atoms with Gasteiger partial charge in [0.1, 0.15) is 0 Å². The van der Waals surface area contributed by atoms with E-state index < -0.39 is 7.42 Å². The Balaban J connectivity index is 3.52. The van der Waals surface area contributed by atoms with E-state index in [-0.39, 0.29) is 0 Å². The van der Waals surface area contributed by atoms with E-state index in [1.54, 1.807) is 0 Å². The Kier molecular flexibility index (Phi) is 6.20. The SMILES string of the molecule is CCC(CC#N)C[Si](Cl)Cl. The van der Waals surface area contributed by atoms with Gasteiger partial charge in [0, 0.05) is 6.42 Å². The third kappa shape index (κ3) is 5.10. The van der Waals surface area contributed by atoms with Gasteiger partial charge in [-0.1, -0.05) is 13.3 Å². The molecule has 1 nitrogen and oxygen atoms in total. The highest BCUT2D eigenvalue weighted by Gasteiger charge is 2.12. The topological polar surface area (TPSA) is 23.8 Å². The second-order valence-corrected chi connectivity index (χ2v) is 6.58. The van der Waals surface area contributed by atoms with Gasteiger partial charge in [-0.25, -0.2) is 0 Å². The Labute approximate surface area is 73.0 Å². The number of nitrogens with zero attached hydrogens (tertiary/aromatic N) is 1. The normalized spacial score (nSPS) is 13.1. The van der Waals surface area contributed by atoms with Crippen LogP contribution >= 0.6 is 22.2 Å². The highest BCUT2D eigenvalue weighted by molar-refractivity contribution is 7.33. The minimum Gasteiger partial charge on any atom is -0.198 e. The van der Waals surface area contributed by atoms with Gasteiger partial charge in [0.25, 0.3) is 7.42 Å². The fourth-order valence-corrected chi connectivity index (χ4v) is 2.89. The second-order valence-electron chi connectivity index (χ2n) is 2.18. The first-order valence-electron chi connectivity index (χ1n) is 3.24. The third-order valence-corrected chi connectivity index (χ3v) is 3.21. The quantitative estimate of drug-likeness (QED) is 0.499. The van der Waals surface area contributed by atoms with E-state index in [1.165, 1.54) is 0 Å². The molecule has 1 atom stereocenters. The van der Waals surface area contributed by atoms with Crippen LogP contribution in [0.25, 0.3) is 0 Å². The molecule has 0 aromatic rings. The van der Waals surface area contributed by atoms with Gasteiger partial charge in [0.05, 0.1) is 6.07 Å². The molecule has 0 aliphatic rings. The second kappa shape index (κ2) is 6.03. The molecule has 0 heterocycles. The maximum atomic E-state index is 8.36. The van der Waals surface area contributed by atoms with Gasteiger partial charge in [-0.3, -0.25) is 0 Å². The van der Waals surface area contributed by atoms with E-state index in [2.05, 4.69) is 13.0 Å². The molecule has 0 aliphatic carbocycles. The fraction of sp³-hybridized carbons (Fsp3) is 0.833. The zero-order chi connectivity index (χ0) is 7.98. The number of hydrogen-bond acceptors (Lipinski definition) is 1. The van der Waals surface area contributed by atoms with Crippen molar-refractivity contribution in [3.05, 3.63) is 0 Å². The van der Waals surface area contributed by atoms with Crippen molar-refractivity contribution in [2.75, 3.05) is 0 Å².